The van der Waals surface area contributed by atoms with Crippen molar-refractivity contribution in [2.45, 2.75) is 39.6 Å². The summed E-state index contributed by atoms with van der Waals surface area (Å²) in [6, 6.07) is 8.65. The molecule has 2 aromatic rings. The summed E-state index contributed by atoms with van der Waals surface area (Å²) in [4.78, 5) is 16.1. The van der Waals surface area contributed by atoms with Crippen molar-refractivity contribution in [3.05, 3.63) is 70.5 Å². The van der Waals surface area contributed by atoms with E-state index in [1.807, 2.05) is 13.8 Å². The third-order valence-electron chi connectivity index (χ3n) is 5.05. The van der Waals surface area contributed by atoms with E-state index in [2.05, 4.69) is 10.1 Å². The smallest absolute Gasteiger partial charge is 0.206 e. The van der Waals surface area contributed by atoms with Crippen molar-refractivity contribution in [2.24, 2.45) is 5.16 Å². The van der Waals surface area contributed by atoms with Crippen molar-refractivity contribution in [3.63, 3.8) is 0 Å². The fraction of sp³-hybridized carbons (Fsp3) is 0.320. The van der Waals surface area contributed by atoms with Crippen LogP contribution in [0.25, 0.3) is 0 Å². The first kappa shape index (κ1) is 25.6. The molecule has 1 atom stereocenters. The van der Waals surface area contributed by atoms with Gasteiger partial charge in [0.05, 0.1) is 17.2 Å². The lowest BCUT2D eigenvalue weighted by Crippen LogP contribution is -2.67. The maximum atomic E-state index is 14.5. The molecular weight excluding hydrogens is 463 g/mol. The Bertz CT molecular complexity index is 1160. The van der Waals surface area contributed by atoms with Crippen LogP contribution in [0.4, 0.5) is 10.1 Å². The van der Waals surface area contributed by atoms with Crippen LogP contribution in [0, 0.1) is 5.82 Å². The van der Waals surface area contributed by atoms with E-state index < -0.39 is 17.4 Å². The number of ketones is 1. The van der Waals surface area contributed by atoms with Gasteiger partial charge in [-0.15, -0.1) is 0 Å². The van der Waals surface area contributed by atoms with Gasteiger partial charge in [0.25, 0.3) is 0 Å². The highest BCUT2D eigenvalue weighted by Crippen LogP contribution is 2.27. The minimum atomic E-state index is -0.684. The van der Waals surface area contributed by atoms with E-state index in [1.165, 1.54) is 24.3 Å². The second-order valence-corrected chi connectivity index (χ2v) is 8.57. The third kappa shape index (κ3) is 6.28. The monoisotopic (exact) mass is 489 g/mol. The zero-order chi connectivity index (χ0) is 24.9. The minimum Gasteiger partial charge on any atom is -0.491 e. The van der Waals surface area contributed by atoms with Crippen molar-refractivity contribution in [1.82, 2.24) is 0 Å². The number of carbonyl (C=O) groups excluding carboxylic acids is 1. The van der Waals surface area contributed by atoms with Crippen LogP contribution in [0.2, 0.25) is 5.02 Å². The second-order valence-electron chi connectivity index (χ2n) is 8.16. The number of nitrogens with one attached hydrogen (secondary N) is 1. The number of carbonyl (C=O) groups is 1. The summed E-state index contributed by atoms with van der Waals surface area (Å²) in [5.41, 5.74) is 1.47. The summed E-state index contributed by atoms with van der Waals surface area (Å²) in [7, 11) is 0. The van der Waals surface area contributed by atoms with Gasteiger partial charge in [0, 0.05) is 24.6 Å². The van der Waals surface area contributed by atoms with Gasteiger partial charge in [-0.05, 0) is 51.1 Å². The molecule has 0 amide bonds. The molecule has 1 fully saturated rings. The highest BCUT2D eigenvalue weighted by Gasteiger charge is 2.33. The summed E-state index contributed by atoms with van der Waals surface area (Å²) in [5.74, 6) is -1.60. The van der Waals surface area contributed by atoms with E-state index in [0.717, 1.165) is 0 Å². The maximum absolute atomic E-state index is 14.5. The normalized spacial score (nSPS) is 18.5. The Labute approximate surface area is 202 Å². The van der Waals surface area contributed by atoms with Gasteiger partial charge in [-0.1, -0.05) is 22.8 Å². The molecule has 1 heterocycles. The first-order valence-electron chi connectivity index (χ1n) is 10.7. The van der Waals surface area contributed by atoms with Gasteiger partial charge in [0.15, 0.2) is 17.3 Å². The molecule has 0 spiro atoms. The predicted octanol–water partition coefficient (Wildman–Crippen LogP) is 3.82. The van der Waals surface area contributed by atoms with Crippen LogP contribution in [0.3, 0.4) is 0 Å². The Morgan fingerprint density at radius 3 is 2.71 bits per heavy atom. The van der Waals surface area contributed by atoms with E-state index in [1.54, 1.807) is 38.1 Å². The Kier molecular flexibility index (Phi) is 8.19. The number of hydrogen-bond acceptors (Lipinski definition) is 6. The van der Waals surface area contributed by atoms with Crippen LogP contribution in [-0.2, 0) is 9.47 Å². The zero-order valence-corrected chi connectivity index (χ0v) is 20.1. The van der Waals surface area contributed by atoms with Gasteiger partial charge in [-0.3, -0.25) is 4.79 Å². The number of allylic oxidation sites excluding steroid dienone is 2. The molecule has 0 radical (unpaired) electrons. The summed E-state index contributed by atoms with van der Waals surface area (Å²) < 4.78 is 31.4. The third-order valence-corrected chi connectivity index (χ3v) is 5.36. The number of rotatable bonds is 8. The van der Waals surface area contributed by atoms with E-state index >= 15 is 0 Å². The van der Waals surface area contributed by atoms with Gasteiger partial charge < -0.3 is 19.4 Å². The molecule has 9 heteroatoms. The molecule has 0 aromatic heterocycles. The van der Waals surface area contributed by atoms with Gasteiger partial charge in [-0.2, -0.15) is 0 Å². The SMILES string of the molecule is C/C=C\C(=NO)C(C)=[NH+]c1ccc(C(=O)c2cc(OCC3COC(C)(C)O3)ccc2F)c(Cl)c1. The molecule has 2 N–H and O–H groups in total. The first-order valence-corrected chi connectivity index (χ1v) is 11.1. The van der Waals surface area contributed by atoms with E-state index in [0.29, 0.717) is 29.5 Å². The minimum absolute atomic E-state index is 0.139. The number of oxime groups is 1. The van der Waals surface area contributed by atoms with Crippen molar-refractivity contribution in [1.29, 1.82) is 0 Å². The maximum Gasteiger partial charge on any atom is 0.206 e. The second kappa shape index (κ2) is 10.9. The molecule has 3 rings (SSSR count). The lowest BCUT2D eigenvalue weighted by atomic mass is 10.0. The van der Waals surface area contributed by atoms with Gasteiger partial charge >= 0.3 is 0 Å². The molecular formula is C25H27ClFN2O5+. The quantitative estimate of drug-likeness (QED) is 0.254. The molecule has 7 nitrogen and oxygen atoms in total. The summed E-state index contributed by atoms with van der Waals surface area (Å²) in [6.07, 6.45) is 3.10. The number of hydrogen-bond donors (Lipinski definition) is 2. The Morgan fingerprint density at radius 2 is 2.09 bits per heavy atom. The molecule has 0 aliphatic carbocycles. The van der Waals surface area contributed by atoms with Crippen LogP contribution in [0.1, 0.15) is 43.6 Å². The largest absolute Gasteiger partial charge is 0.491 e. The standard InChI is InChI=1S/C25H26ClFN2O5/c1-5-6-23(29-31)15(2)28-16-7-9-19(21(26)11-16)24(30)20-12-17(8-10-22(20)27)32-13-18-14-33-25(3,4)34-18/h5-12,18,31H,13-14H2,1-4H3/p+1/b6-5-,28-15?,29-23?. The van der Waals surface area contributed by atoms with Crippen LogP contribution in [-0.4, -0.2) is 47.5 Å². The molecule has 0 bridgehead atoms. The average molecular weight is 490 g/mol. The van der Waals surface area contributed by atoms with E-state index in [-0.39, 0.29) is 28.9 Å². The molecule has 1 unspecified atom stereocenters. The highest BCUT2D eigenvalue weighted by atomic mass is 35.5. The Hall–Kier alpha value is -3.07. The molecule has 0 saturated carbocycles. The topological polar surface area (TPSA) is 91.3 Å². The van der Waals surface area contributed by atoms with Gasteiger partial charge in [-0.25, -0.2) is 9.38 Å². The van der Waals surface area contributed by atoms with Crippen molar-refractivity contribution in [3.8, 4) is 5.75 Å². The van der Waals surface area contributed by atoms with Crippen molar-refractivity contribution >= 4 is 34.5 Å². The Morgan fingerprint density at radius 1 is 1.32 bits per heavy atom. The van der Waals surface area contributed by atoms with Crippen LogP contribution >= 0.6 is 11.6 Å². The van der Waals surface area contributed by atoms with Crippen LogP contribution in [0.5, 0.6) is 5.75 Å². The number of benzene rings is 2. The van der Waals surface area contributed by atoms with Crippen LogP contribution < -0.4 is 9.73 Å². The zero-order valence-electron chi connectivity index (χ0n) is 19.4. The molecule has 180 valence electrons. The first-order chi connectivity index (χ1) is 16.1. The fourth-order valence-corrected chi connectivity index (χ4v) is 3.66. The predicted molar refractivity (Wildman–Crippen MR) is 127 cm³/mol. The molecule has 2 aromatic carbocycles. The number of nitrogens with zero attached hydrogens (tertiary/aromatic N) is 1. The van der Waals surface area contributed by atoms with E-state index in [4.69, 9.17) is 31.0 Å². The molecule has 1 saturated heterocycles. The fourth-order valence-electron chi connectivity index (χ4n) is 3.40. The average Bonchev–Trinajstić information content (AvgIpc) is 3.15. The Balaban J connectivity index is 1.78. The molecule has 1 aliphatic rings. The summed E-state index contributed by atoms with van der Waals surface area (Å²) in [6.45, 7) is 7.73. The van der Waals surface area contributed by atoms with E-state index in [9.17, 15) is 9.18 Å². The van der Waals surface area contributed by atoms with Crippen molar-refractivity contribution < 1.29 is 33.6 Å². The molecule has 1 aliphatic heterocycles. The molecule has 34 heavy (non-hydrogen) atoms. The lowest BCUT2D eigenvalue weighted by Gasteiger charge is -2.17. The summed E-state index contributed by atoms with van der Waals surface area (Å²) in [5, 5.41) is 12.5. The van der Waals surface area contributed by atoms with Gasteiger partial charge in [0.1, 0.15) is 24.3 Å². The summed E-state index contributed by atoms with van der Waals surface area (Å²) >= 11 is 6.35. The highest BCUT2D eigenvalue weighted by molar-refractivity contribution is 6.43. The van der Waals surface area contributed by atoms with Crippen molar-refractivity contribution in [2.75, 3.05) is 13.2 Å². The van der Waals surface area contributed by atoms with Gasteiger partial charge in [0.2, 0.25) is 11.4 Å². The number of ether oxygens (including phenoxy) is 3. The lowest BCUT2D eigenvalue weighted by molar-refractivity contribution is -0.351. The number of halogens is 2. The van der Waals surface area contributed by atoms with Crippen LogP contribution in [0.15, 0.2) is 53.7 Å².